The van der Waals surface area contributed by atoms with Crippen molar-refractivity contribution >= 4 is 22.8 Å². The average molecular weight is 225 g/mol. The van der Waals surface area contributed by atoms with Crippen LogP contribution >= 0.6 is 11.6 Å². The van der Waals surface area contributed by atoms with Gasteiger partial charge in [-0.25, -0.2) is 4.98 Å². The number of rotatable bonds is 3. The number of aromatic nitrogens is 4. The van der Waals surface area contributed by atoms with Crippen molar-refractivity contribution in [1.29, 1.82) is 0 Å². The van der Waals surface area contributed by atoms with E-state index >= 15 is 0 Å². The van der Waals surface area contributed by atoms with Gasteiger partial charge in [0.2, 0.25) is 11.2 Å². The van der Waals surface area contributed by atoms with Gasteiger partial charge in [0.05, 0.1) is 6.33 Å². The molecule has 2 aromatic rings. The van der Waals surface area contributed by atoms with Crippen LogP contribution in [-0.4, -0.2) is 26.5 Å². The molecule has 0 radical (unpaired) electrons. The number of H-pyrrole nitrogens is 1. The Balaban J connectivity index is 2.35. The standard InChI is InChI=1S/C9H9ClN4O/c1-2-3-4-15-8-6-7(12-5-11-6)13-9(10)14-8/h2-3,5H,4H2,1H3,(H,11,12,13,14)/b3-2+. The molecule has 0 unspecified atom stereocenters. The van der Waals surface area contributed by atoms with Crippen molar-refractivity contribution in [2.75, 3.05) is 6.61 Å². The van der Waals surface area contributed by atoms with Gasteiger partial charge in [-0.05, 0) is 18.5 Å². The molecule has 78 valence electrons. The summed E-state index contributed by atoms with van der Waals surface area (Å²) in [5.74, 6) is 0.417. The zero-order valence-corrected chi connectivity index (χ0v) is 8.82. The van der Waals surface area contributed by atoms with E-state index in [1.165, 1.54) is 6.33 Å². The van der Waals surface area contributed by atoms with Crippen LogP contribution in [0.4, 0.5) is 0 Å². The molecule has 0 aliphatic rings. The van der Waals surface area contributed by atoms with Gasteiger partial charge < -0.3 is 9.72 Å². The topological polar surface area (TPSA) is 63.7 Å². The van der Waals surface area contributed by atoms with Crippen LogP contribution in [-0.2, 0) is 0 Å². The summed E-state index contributed by atoms with van der Waals surface area (Å²) in [7, 11) is 0. The minimum Gasteiger partial charge on any atom is -0.472 e. The number of allylic oxidation sites excluding steroid dienone is 1. The fourth-order valence-corrected chi connectivity index (χ4v) is 1.27. The molecular weight excluding hydrogens is 216 g/mol. The Morgan fingerprint density at radius 1 is 1.53 bits per heavy atom. The molecule has 0 fully saturated rings. The molecule has 0 saturated carbocycles. The van der Waals surface area contributed by atoms with Crippen molar-refractivity contribution < 1.29 is 4.74 Å². The Bertz CT molecular complexity index is 494. The zero-order valence-electron chi connectivity index (χ0n) is 8.07. The molecule has 2 aromatic heterocycles. The summed E-state index contributed by atoms with van der Waals surface area (Å²) in [6.45, 7) is 2.36. The molecule has 0 saturated heterocycles. The third-order valence-corrected chi connectivity index (χ3v) is 1.95. The second kappa shape index (κ2) is 4.27. The number of fused-ring (bicyclic) bond motifs is 1. The first-order valence-electron chi connectivity index (χ1n) is 4.42. The maximum Gasteiger partial charge on any atom is 0.244 e. The summed E-state index contributed by atoms with van der Waals surface area (Å²) < 4.78 is 5.41. The monoisotopic (exact) mass is 224 g/mol. The Kier molecular flexibility index (Phi) is 2.82. The lowest BCUT2D eigenvalue weighted by Gasteiger charge is -2.02. The molecule has 2 rings (SSSR count). The first-order chi connectivity index (χ1) is 7.31. The van der Waals surface area contributed by atoms with Crippen molar-refractivity contribution in [3.05, 3.63) is 23.8 Å². The van der Waals surface area contributed by atoms with Crippen molar-refractivity contribution in [2.45, 2.75) is 6.92 Å². The highest BCUT2D eigenvalue weighted by molar-refractivity contribution is 6.28. The lowest BCUT2D eigenvalue weighted by Crippen LogP contribution is -1.98. The van der Waals surface area contributed by atoms with Crippen LogP contribution in [0.3, 0.4) is 0 Å². The van der Waals surface area contributed by atoms with Gasteiger partial charge in [-0.1, -0.05) is 12.2 Å². The quantitative estimate of drug-likeness (QED) is 0.640. The van der Waals surface area contributed by atoms with Gasteiger partial charge in [-0.2, -0.15) is 9.97 Å². The number of nitrogens with zero attached hydrogens (tertiary/aromatic N) is 3. The fourth-order valence-electron chi connectivity index (χ4n) is 1.11. The highest BCUT2D eigenvalue weighted by Crippen LogP contribution is 2.20. The van der Waals surface area contributed by atoms with Gasteiger partial charge >= 0.3 is 0 Å². The Hall–Kier alpha value is -1.62. The SMILES string of the molecule is C/C=C/COc1nc(Cl)nc2nc[nH]c12. The third kappa shape index (κ3) is 2.07. The third-order valence-electron chi connectivity index (χ3n) is 1.78. The molecule has 2 heterocycles. The zero-order chi connectivity index (χ0) is 10.7. The van der Waals surface area contributed by atoms with Gasteiger partial charge in [0.1, 0.15) is 12.1 Å². The summed E-state index contributed by atoms with van der Waals surface area (Å²) in [4.78, 5) is 14.8. The van der Waals surface area contributed by atoms with Crippen LogP contribution in [0.25, 0.3) is 11.2 Å². The molecule has 0 aliphatic heterocycles. The van der Waals surface area contributed by atoms with E-state index in [1.54, 1.807) is 0 Å². The van der Waals surface area contributed by atoms with Crippen molar-refractivity contribution in [3.63, 3.8) is 0 Å². The van der Waals surface area contributed by atoms with Gasteiger partial charge in [0.15, 0.2) is 5.65 Å². The van der Waals surface area contributed by atoms with E-state index in [-0.39, 0.29) is 5.28 Å². The largest absolute Gasteiger partial charge is 0.472 e. The van der Waals surface area contributed by atoms with E-state index in [1.807, 2.05) is 19.1 Å². The highest BCUT2D eigenvalue weighted by Gasteiger charge is 2.08. The molecule has 15 heavy (non-hydrogen) atoms. The minimum atomic E-state index is 0.130. The first-order valence-corrected chi connectivity index (χ1v) is 4.79. The van der Waals surface area contributed by atoms with Crippen LogP contribution < -0.4 is 4.74 Å². The molecular formula is C9H9ClN4O. The second-order valence-electron chi connectivity index (χ2n) is 2.78. The van der Waals surface area contributed by atoms with Crippen LogP contribution in [0.2, 0.25) is 5.28 Å². The molecule has 5 nitrogen and oxygen atoms in total. The molecule has 0 aliphatic carbocycles. The number of ether oxygens (including phenoxy) is 1. The fraction of sp³-hybridized carbons (Fsp3) is 0.222. The summed E-state index contributed by atoms with van der Waals surface area (Å²) in [5.41, 5.74) is 1.16. The second-order valence-corrected chi connectivity index (χ2v) is 3.12. The number of hydrogen-bond acceptors (Lipinski definition) is 4. The van der Waals surface area contributed by atoms with Crippen molar-refractivity contribution in [3.8, 4) is 5.88 Å². The van der Waals surface area contributed by atoms with Gasteiger partial charge in [0.25, 0.3) is 0 Å². The van der Waals surface area contributed by atoms with Crippen LogP contribution in [0, 0.1) is 0 Å². The van der Waals surface area contributed by atoms with Gasteiger partial charge in [-0.15, -0.1) is 0 Å². The Morgan fingerprint density at radius 3 is 3.20 bits per heavy atom. The van der Waals surface area contributed by atoms with Gasteiger partial charge in [-0.3, -0.25) is 0 Å². The molecule has 0 amide bonds. The van der Waals surface area contributed by atoms with E-state index in [9.17, 15) is 0 Å². The lowest BCUT2D eigenvalue weighted by molar-refractivity contribution is 0.352. The number of hydrogen-bond donors (Lipinski definition) is 1. The van der Waals surface area contributed by atoms with Crippen LogP contribution in [0.1, 0.15) is 6.92 Å². The predicted octanol–water partition coefficient (Wildman–Crippen LogP) is 1.96. The number of halogens is 1. The van der Waals surface area contributed by atoms with E-state index in [0.29, 0.717) is 23.7 Å². The summed E-state index contributed by atoms with van der Waals surface area (Å²) in [5, 5.41) is 0.130. The molecule has 0 atom stereocenters. The Morgan fingerprint density at radius 2 is 2.40 bits per heavy atom. The predicted molar refractivity (Wildman–Crippen MR) is 57.0 cm³/mol. The molecule has 1 N–H and O–H groups in total. The van der Waals surface area contributed by atoms with E-state index in [2.05, 4.69) is 19.9 Å². The van der Waals surface area contributed by atoms with Crippen molar-refractivity contribution in [2.24, 2.45) is 0 Å². The van der Waals surface area contributed by atoms with E-state index in [4.69, 9.17) is 16.3 Å². The van der Waals surface area contributed by atoms with E-state index < -0.39 is 0 Å². The highest BCUT2D eigenvalue weighted by atomic mass is 35.5. The van der Waals surface area contributed by atoms with Crippen molar-refractivity contribution in [1.82, 2.24) is 19.9 Å². The maximum atomic E-state index is 5.72. The average Bonchev–Trinajstić information content (AvgIpc) is 2.65. The summed E-state index contributed by atoms with van der Waals surface area (Å²) >= 11 is 5.72. The molecule has 6 heteroatoms. The van der Waals surface area contributed by atoms with E-state index in [0.717, 1.165) is 0 Å². The van der Waals surface area contributed by atoms with Gasteiger partial charge in [0, 0.05) is 0 Å². The molecule has 0 spiro atoms. The number of aromatic amines is 1. The normalized spacial score (nSPS) is 11.3. The number of nitrogens with one attached hydrogen (secondary N) is 1. The summed E-state index contributed by atoms with van der Waals surface area (Å²) in [6.07, 6.45) is 5.30. The number of imidazole rings is 1. The van der Waals surface area contributed by atoms with Crippen LogP contribution in [0.5, 0.6) is 5.88 Å². The summed E-state index contributed by atoms with van der Waals surface area (Å²) in [6, 6.07) is 0. The molecule has 0 aromatic carbocycles. The lowest BCUT2D eigenvalue weighted by atomic mass is 10.5. The van der Waals surface area contributed by atoms with Crippen LogP contribution in [0.15, 0.2) is 18.5 Å². The molecule has 0 bridgehead atoms. The Labute approximate surface area is 91.2 Å². The smallest absolute Gasteiger partial charge is 0.244 e. The minimum absolute atomic E-state index is 0.130. The maximum absolute atomic E-state index is 5.72. The first kappa shape index (κ1) is 9.92.